The fraction of sp³-hybridized carbons (Fsp3) is 0.136. The van der Waals surface area contributed by atoms with Crippen LogP contribution in [0.25, 0.3) is 22.9 Å². The van der Waals surface area contributed by atoms with Gasteiger partial charge in [-0.05, 0) is 30.7 Å². The largest absolute Gasteiger partial charge is 0.383 e. The smallest absolute Gasteiger partial charge is 0.227 e. The number of nitrogens with zero attached hydrogens (tertiary/aromatic N) is 5. The summed E-state index contributed by atoms with van der Waals surface area (Å²) in [5.74, 6) is 0. The van der Waals surface area contributed by atoms with Gasteiger partial charge in [-0.1, -0.05) is 48.0 Å². The number of fused-ring (bicyclic) bond motifs is 1. The summed E-state index contributed by atoms with van der Waals surface area (Å²) >= 11 is 0. The van der Waals surface area contributed by atoms with E-state index in [2.05, 4.69) is 15.3 Å². The average Bonchev–Trinajstić information content (AvgIpc) is 3.17. The standard InChI is InChI=1S/C22H21N5O2S/c1-16-9-11-18(12-10-16)30(28,29)22-20(13-14-26(2)3)27-21(24-25-22)19(15-23-27)17-7-5-4-6-8-17/h4-15H,1-3H3. The number of aryl methyl sites for hydroxylation is 1. The fourth-order valence-electron chi connectivity index (χ4n) is 3.05. The normalized spacial score (nSPS) is 12.0. The van der Waals surface area contributed by atoms with Crippen molar-refractivity contribution in [3.63, 3.8) is 0 Å². The molecule has 0 spiro atoms. The third-order valence-electron chi connectivity index (χ3n) is 4.63. The van der Waals surface area contributed by atoms with Crippen LogP contribution in [0.3, 0.4) is 0 Å². The van der Waals surface area contributed by atoms with Gasteiger partial charge >= 0.3 is 0 Å². The molecule has 2 aromatic heterocycles. The molecule has 0 unspecified atom stereocenters. The van der Waals surface area contributed by atoms with E-state index >= 15 is 0 Å². The van der Waals surface area contributed by atoms with Crippen LogP contribution in [0.1, 0.15) is 11.3 Å². The molecule has 30 heavy (non-hydrogen) atoms. The monoisotopic (exact) mass is 419 g/mol. The lowest BCUT2D eigenvalue weighted by molar-refractivity contribution is 0.566. The van der Waals surface area contributed by atoms with Crippen LogP contribution in [-0.4, -0.2) is 47.2 Å². The Labute approximate surface area is 175 Å². The second-order valence-corrected chi connectivity index (χ2v) is 9.01. The van der Waals surface area contributed by atoms with Gasteiger partial charge in [0.1, 0.15) is 5.69 Å². The molecule has 4 rings (SSSR count). The van der Waals surface area contributed by atoms with E-state index in [9.17, 15) is 8.42 Å². The Balaban J connectivity index is 1.96. The van der Waals surface area contributed by atoms with Crippen molar-refractivity contribution in [3.8, 4) is 11.1 Å². The minimum Gasteiger partial charge on any atom is -0.383 e. The van der Waals surface area contributed by atoms with E-state index in [1.54, 1.807) is 42.7 Å². The fourth-order valence-corrected chi connectivity index (χ4v) is 4.35. The van der Waals surface area contributed by atoms with Crippen LogP contribution in [0.5, 0.6) is 0 Å². The van der Waals surface area contributed by atoms with Crippen LogP contribution in [0.15, 0.2) is 76.9 Å². The van der Waals surface area contributed by atoms with Crippen molar-refractivity contribution in [2.24, 2.45) is 0 Å². The maximum atomic E-state index is 13.3. The van der Waals surface area contributed by atoms with Crippen molar-refractivity contribution >= 4 is 21.6 Å². The highest BCUT2D eigenvalue weighted by Gasteiger charge is 2.26. The molecular weight excluding hydrogens is 398 g/mol. The van der Waals surface area contributed by atoms with Gasteiger partial charge in [-0.25, -0.2) is 12.9 Å². The summed E-state index contributed by atoms with van der Waals surface area (Å²) in [5.41, 5.74) is 3.52. The Morgan fingerprint density at radius 3 is 2.33 bits per heavy atom. The summed E-state index contributed by atoms with van der Waals surface area (Å²) in [7, 11) is -0.173. The molecule has 0 radical (unpaired) electrons. The van der Waals surface area contributed by atoms with Crippen molar-refractivity contribution in [2.75, 3.05) is 14.1 Å². The molecule has 0 fully saturated rings. The van der Waals surface area contributed by atoms with Crippen molar-refractivity contribution in [2.45, 2.75) is 16.8 Å². The van der Waals surface area contributed by atoms with Crippen molar-refractivity contribution in [1.29, 1.82) is 0 Å². The summed E-state index contributed by atoms with van der Waals surface area (Å²) in [5, 5.41) is 12.7. The molecule has 0 atom stereocenters. The molecule has 0 amide bonds. The van der Waals surface area contributed by atoms with E-state index < -0.39 is 9.84 Å². The van der Waals surface area contributed by atoms with E-state index in [1.807, 2.05) is 56.3 Å². The number of aromatic nitrogens is 4. The molecular formula is C22H21N5O2S. The van der Waals surface area contributed by atoms with E-state index in [0.29, 0.717) is 11.3 Å². The maximum absolute atomic E-state index is 13.3. The number of benzene rings is 2. The number of rotatable bonds is 5. The van der Waals surface area contributed by atoms with Crippen LogP contribution in [-0.2, 0) is 9.84 Å². The highest BCUT2D eigenvalue weighted by Crippen LogP contribution is 2.28. The van der Waals surface area contributed by atoms with E-state index in [4.69, 9.17) is 0 Å². The van der Waals surface area contributed by atoms with Gasteiger partial charge in [0.2, 0.25) is 14.9 Å². The van der Waals surface area contributed by atoms with Crippen LogP contribution in [0.2, 0.25) is 0 Å². The summed E-state index contributed by atoms with van der Waals surface area (Å²) in [6.45, 7) is 1.91. The first-order chi connectivity index (χ1) is 14.4. The molecule has 0 aliphatic rings. The number of sulfone groups is 1. The molecule has 0 bridgehead atoms. The molecule has 2 heterocycles. The molecule has 0 saturated heterocycles. The number of hydrogen-bond donors (Lipinski definition) is 0. The Kier molecular flexibility index (Phi) is 5.09. The Morgan fingerprint density at radius 1 is 0.967 bits per heavy atom. The molecule has 7 nitrogen and oxygen atoms in total. The van der Waals surface area contributed by atoms with Gasteiger partial charge < -0.3 is 4.90 Å². The molecule has 0 aliphatic heterocycles. The van der Waals surface area contributed by atoms with E-state index in [1.165, 1.54) is 4.52 Å². The summed E-state index contributed by atoms with van der Waals surface area (Å²) in [4.78, 5) is 1.98. The van der Waals surface area contributed by atoms with Gasteiger partial charge in [0.05, 0.1) is 11.1 Å². The lowest BCUT2D eigenvalue weighted by atomic mass is 10.1. The topological polar surface area (TPSA) is 80.5 Å². The summed E-state index contributed by atoms with van der Waals surface area (Å²) in [6, 6.07) is 16.4. The van der Waals surface area contributed by atoms with Gasteiger partial charge in [-0.2, -0.15) is 5.10 Å². The average molecular weight is 420 g/mol. The van der Waals surface area contributed by atoms with Crippen LogP contribution >= 0.6 is 0 Å². The van der Waals surface area contributed by atoms with Crippen LogP contribution in [0, 0.1) is 6.92 Å². The predicted molar refractivity (Wildman–Crippen MR) is 116 cm³/mol. The molecule has 0 aliphatic carbocycles. The zero-order valence-electron chi connectivity index (χ0n) is 16.9. The van der Waals surface area contributed by atoms with Crippen LogP contribution in [0.4, 0.5) is 0 Å². The van der Waals surface area contributed by atoms with Gasteiger partial charge in [0, 0.05) is 25.9 Å². The molecule has 8 heteroatoms. The SMILES string of the molecule is Cc1ccc(S(=O)(=O)c2nnc3c(-c4ccccc4)cnn3c2C=CN(C)C)cc1. The van der Waals surface area contributed by atoms with Crippen LogP contribution < -0.4 is 0 Å². The molecule has 0 saturated carbocycles. The first-order valence-electron chi connectivity index (χ1n) is 9.34. The van der Waals surface area contributed by atoms with Crippen molar-refractivity contribution in [3.05, 3.63) is 78.3 Å². The Morgan fingerprint density at radius 2 is 1.67 bits per heavy atom. The maximum Gasteiger partial charge on any atom is 0.227 e. The van der Waals surface area contributed by atoms with Gasteiger partial charge in [-0.15, -0.1) is 10.2 Å². The van der Waals surface area contributed by atoms with Gasteiger partial charge in [0.25, 0.3) is 0 Å². The van der Waals surface area contributed by atoms with Crippen molar-refractivity contribution in [1.82, 2.24) is 24.7 Å². The van der Waals surface area contributed by atoms with Gasteiger partial charge in [0.15, 0.2) is 5.65 Å². The minimum atomic E-state index is -3.89. The Bertz CT molecular complexity index is 1330. The van der Waals surface area contributed by atoms with E-state index in [0.717, 1.165) is 16.7 Å². The lowest BCUT2D eigenvalue weighted by Gasteiger charge is -2.10. The lowest BCUT2D eigenvalue weighted by Crippen LogP contribution is -2.13. The minimum absolute atomic E-state index is 0.139. The quantitative estimate of drug-likeness (QED) is 0.493. The first-order valence-corrected chi connectivity index (χ1v) is 10.8. The third-order valence-corrected chi connectivity index (χ3v) is 6.32. The zero-order chi connectivity index (χ0) is 21.3. The molecule has 0 N–H and O–H groups in total. The summed E-state index contributed by atoms with van der Waals surface area (Å²) < 4.78 is 28.2. The highest BCUT2D eigenvalue weighted by atomic mass is 32.2. The molecule has 2 aromatic carbocycles. The Hall–Kier alpha value is -3.52. The second-order valence-electron chi connectivity index (χ2n) is 7.15. The first kappa shape index (κ1) is 19.8. The third kappa shape index (κ3) is 3.57. The van der Waals surface area contributed by atoms with E-state index in [-0.39, 0.29) is 9.92 Å². The zero-order valence-corrected chi connectivity index (χ0v) is 17.7. The second kappa shape index (κ2) is 7.72. The predicted octanol–water partition coefficient (Wildman–Crippen LogP) is 3.46. The molecule has 152 valence electrons. The number of hydrogen-bond acceptors (Lipinski definition) is 6. The highest BCUT2D eigenvalue weighted by molar-refractivity contribution is 7.91. The summed E-state index contributed by atoms with van der Waals surface area (Å²) in [6.07, 6.45) is 5.12. The van der Waals surface area contributed by atoms with Gasteiger partial charge in [-0.3, -0.25) is 0 Å². The van der Waals surface area contributed by atoms with Crippen molar-refractivity contribution < 1.29 is 8.42 Å². The molecule has 4 aromatic rings.